The number of carboxylic acids is 1. The summed E-state index contributed by atoms with van der Waals surface area (Å²) in [5.41, 5.74) is 26.5. The maximum atomic E-state index is 14.6. The molecular weight excluding hydrogens is 1020 g/mol. The first-order valence-electron chi connectivity index (χ1n) is 30.8. The summed E-state index contributed by atoms with van der Waals surface area (Å²) < 4.78 is 0. The van der Waals surface area contributed by atoms with Crippen LogP contribution in [0.25, 0.3) is 21.8 Å². The van der Waals surface area contributed by atoms with Gasteiger partial charge in [0, 0.05) is 47.0 Å². The molecule has 6 atom stereocenters. The van der Waals surface area contributed by atoms with Gasteiger partial charge in [0.1, 0.15) is 30.2 Å². The van der Waals surface area contributed by atoms with Gasteiger partial charge in [-0.25, -0.2) is 4.79 Å². The summed E-state index contributed by atoms with van der Waals surface area (Å²) in [7, 11) is 0. The first-order chi connectivity index (χ1) is 39.4. The normalized spacial score (nSPS) is 13.7. The number of nitrogens with two attached hydrogens (primary N) is 4. The van der Waals surface area contributed by atoms with Crippen molar-refractivity contribution in [2.24, 2.45) is 22.9 Å². The van der Waals surface area contributed by atoms with Crippen molar-refractivity contribution < 1.29 is 33.9 Å². The van der Waals surface area contributed by atoms with E-state index in [2.05, 4.69) is 48.8 Å². The van der Waals surface area contributed by atoms with Crippen molar-refractivity contribution in [2.75, 3.05) is 32.7 Å². The lowest BCUT2D eigenvalue weighted by Crippen LogP contribution is -2.59. The van der Waals surface area contributed by atoms with Gasteiger partial charge in [0.2, 0.25) is 29.5 Å². The number of para-hydroxylation sites is 2. The van der Waals surface area contributed by atoms with E-state index in [1.165, 1.54) is 70.6 Å². The number of fused-ring (bicyclic) bond motifs is 2. The minimum absolute atomic E-state index is 0.0115. The standard InChI is InChI=1S/C62H102N12O7/c1-2-3-4-5-6-7-8-9-10-11-12-13-14-27-40-67-51(32-19-23-36-63)57(75)70-52(33-20-24-37-64)58(76)71-53(34-21-25-38-65)59(77)72-54(35-22-26-39-66)60(78)73-55(41-45-43-68-49-30-17-15-28-47(45)49)61(79)74-56(62(80)81)42-46-44-69-50-31-18-16-29-48(46)50/h15-18,28-31,43-44,51-56,67-69H,2-14,19-27,32-42,63-66H2,1H3,(H,70,75)(H,71,76)(H,72,77)(H,73,78)(H,74,79)(H,80,81)/t51-,52-,53-,54-,55-,56-/m0/s1. The van der Waals surface area contributed by atoms with Gasteiger partial charge in [-0.05, 0) is 133 Å². The molecule has 452 valence electrons. The summed E-state index contributed by atoms with van der Waals surface area (Å²) in [6, 6.07) is 8.52. The number of H-pyrrole nitrogens is 2. The van der Waals surface area contributed by atoms with Gasteiger partial charge >= 0.3 is 5.97 Å². The zero-order valence-corrected chi connectivity index (χ0v) is 48.8. The monoisotopic (exact) mass is 1130 g/mol. The van der Waals surface area contributed by atoms with Crippen LogP contribution in [0.2, 0.25) is 0 Å². The molecule has 0 spiro atoms. The number of aliphatic carboxylic acids is 1. The molecule has 0 fully saturated rings. The summed E-state index contributed by atoms with van der Waals surface area (Å²) in [6.45, 7) is 4.50. The number of carbonyl (C=O) groups excluding carboxylic acids is 5. The van der Waals surface area contributed by atoms with E-state index >= 15 is 0 Å². The largest absolute Gasteiger partial charge is 0.480 e. The number of hydrogen-bond acceptors (Lipinski definition) is 11. The van der Waals surface area contributed by atoms with Crippen LogP contribution < -0.4 is 54.8 Å². The van der Waals surface area contributed by atoms with Crippen molar-refractivity contribution in [2.45, 2.75) is 223 Å². The van der Waals surface area contributed by atoms with E-state index in [-0.39, 0.29) is 38.0 Å². The molecule has 4 rings (SSSR count). The molecule has 0 bridgehead atoms. The fourth-order valence-electron chi connectivity index (χ4n) is 10.5. The lowest BCUT2D eigenvalue weighted by molar-refractivity contribution is -0.142. The molecule has 17 N–H and O–H groups in total. The number of nitrogens with one attached hydrogen (secondary N) is 8. The van der Waals surface area contributed by atoms with Crippen LogP contribution in [0.5, 0.6) is 0 Å². The van der Waals surface area contributed by atoms with E-state index in [1.807, 2.05) is 48.5 Å². The quantitative estimate of drug-likeness (QED) is 0.0201. The third-order valence-corrected chi connectivity index (χ3v) is 15.4. The molecule has 2 aromatic heterocycles. The van der Waals surface area contributed by atoms with Crippen molar-refractivity contribution in [1.29, 1.82) is 0 Å². The highest BCUT2D eigenvalue weighted by Gasteiger charge is 2.34. The average Bonchev–Trinajstić information content (AvgIpc) is 4.31. The highest BCUT2D eigenvalue weighted by Crippen LogP contribution is 2.22. The second-order valence-corrected chi connectivity index (χ2v) is 22.0. The number of benzene rings is 2. The maximum absolute atomic E-state index is 14.6. The molecule has 5 amide bonds. The van der Waals surface area contributed by atoms with E-state index in [0.29, 0.717) is 88.8 Å². The van der Waals surface area contributed by atoms with Crippen LogP contribution in [0.3, 0.4) is 0 Å². The van der Waals surface area contributed by atoms with Gasteiger partial charge < -0.3 is 69.9 Å². The maximum Gasteiger partial charge on any atom is 0.326 e. The molecule has 2 heterocycles. The van der Waals surface area contributed by atoms with Crippen molar-refractivity contribution in [3.63, 3.8) is 0 Å². The van der Waals surface area contributed by atoms with Crippen molar-refractivity contribution in [3.05, 3.63) is 72.1 Å². The number of aromatic amines is 2. The molecule has 0 aliphatic heterocycles. The van der Waals surface area contributed by atoms with Gasteiger partial charge in [-0.2, -0.15) is 0 Å². The van der Waals surface area contributed by atoms with Crippen LogP contribution in [0, 0.1) is 0 Å². The number of amides is 5. The van der Waals surface area contributed by atoms with Crippen LogP contribution in [-0.2, 0) is 41.6 Å². The zero-order chi connectivity index (χ0) is 58.5. The van der Waals surface area contributed by atoms with Gasteiger partial charge in [-0.1, -0.05) is 133 Å². The molecule has 0 aliphatic carbocycles. The van der Waals surface area contributed by atoms with Gasteiger partial charge in [-0.3, -0.25) is 24.0 Å². The molecule has 0 radical (unpaired) electrons. The lowest BCUT2D eigenvalue weighted by Gasteiger charge is -2.28. The molecule has 0 saturated heterocycles. The summed E-state index contributed by atoms with van der Waals surface area (Å²) in [5.74, 6) is -4.13. The minimum Gasteiger partial charge on any atom is -0.480 e. The lowest BCUT2D eigenvalue weighted by atomic mass is 10.0. The van der Waals surface area contributed by atoms with Crippen LogP contribution in [0.4, 0.5) is 0 Å². The molecule has 0 saturated carbocycles. The Morgan fingerprint density at radius 3 is 1.12 bits per heavy atom. The highest BCUT2D eigenvalue weighted by atomic mass is 16.4. The Hall–Kier alpha value is -5.86. The topological polar surface area (TPSA) is 330 Å². The molecule has 0 aliphatic rings. The third-order valence-electron chi connectivity index (χ3n) is 15.4. The van der Waals surface area contributed by atoms with Gasteiger partial charge in [0.15, 0.2) is 0 Å². The second kappa shape index (κ2) is 40.4. The van der Waals surface area contributed by atoms with Crippen molar-refractivity contribution in [1.82, 2.24) is 41.9 Å². The first kappa shape index (κ1) is 67.6. The van der Waals surface area contributed by atoms with E-state index in [1.54, 1.807) is 12.4 Å². The predicted molar refractivity (Wildman–Crippen MR) is 325 cm³/mol. The van der Waals surface area contributed by atoms with E-state index in [9.17, 15) is 33.9 Å². The number of carboxylic acid groups (broad SMARTS) is 1. The molecule has 19 nitrogen and oxygen atoms in total. The van der Waals surface area contributed by atoms with Crippen LogP contribution in [0.15, 0.2) is 60.9 Å². The van der Waals surface area contributed by atoms with Gasteiger partial charge in [0.25, 0.3) is 0 Å². The fraction of sp³-hybridized carbons (Fsp3) is 0.645. The van der Waals surface area contributed by atoms with Crippen LogP contribution in [-0.4, -0.2) is 120 Å². The predicted octanol–water partition coefficient (Wildman–Crippen LogP) is 6.90. The second-order valence-electron chi connectivity index (χ2n) is 22.0. The number of aromatic nitrogens is 2. The SMILES string of the molecule is CCCCCCCCCCCCCCCCN[C@@H](CCCCN)C(=O)N[C@@H](CCCCN)C(=O)N[C@@H](CCCCN)C(=O)N[C@@H](CCCCN)C(=O)N[C@@H](Cc1c[nH]c2ccccc12)C(=O)N[C@@H](Cc1c[nH]c2ccccc12)C(=O)O. The van der Waals surface area contributed by atoms with Crippen LogP contribution >= 0.6 is 0 Å². The molecule has 2 aromatic carbocycles. The van der Waals surface area contributed by atoms with E-state index in [0.717, 1.165) is 53.9 Å². The highest BCUT2D eigenvalue weighted by molar-refractivity contribution is 5.97. The Morgan fingerprint density at radius 2 is 0.728 bits per heavy atom. The Labute approximate surface area is 481 Å². The van der Waals surface area contributed by atoms with E-state index < -0.39 is 65.8 Å². The molecular formula is C62H102N12O7. The molecule has 81 heavy (non-hydrogen) atoms. The molecule has 19 heteroatoms. The summed E-state index contributed by atoms with van der Waals surface area (Å²) in [5, 5.41) is 29.9. The minimum atomic E-state index is -1.35. The Bertz CT molecular complexity index is 2430. The molecule has 4 aromatic rings. The summed E-state index contributed by atoms with van der Waals surface area (Å²) in [4.78, 5) is 91.3. The number of carbonyl (C=O) groups is 6. The Morgan fingerprint density at radius 1 is 0.407 bits per heavy atom. The summed E-state index contributed by atoms with van der Waals surface area (Å²) >= 11 is 0. The van der Waals surface area contributed by atoms with Crippen molar-refractivity contribution >= 4 is 57.3 Å². The number of rotatable bonds is 47. The zero-order valence-electron chi connectivity index (χ0n) is 48.8. The fourth-order valence-corrected chi connectivity index (χ4v) is 10.5. The first-order valence-corrected chi connectivity index (χ1v) is 30.8. The smallest absolute Gasteiger partial charge is 0.326 e. The average molecular weight is 1130 g/mol. The van der Waals surface area contributed by atoms with Gasteiger partial charge in [-0.15, -0.1) is 0 Å². The summed E-state index contributed by atoms with van der Waals surface area (Å²) in [6.07, 6.45) is 26.9. The number of hydrogen-bond donors (Lipinski definition) is 13. The molecule has 0 unspecified atom stereocenters. The van der Waals surface area contributed by atoms with Gasteiger partial charge in [0.05, 0.1) is 6.04 Å². The Balaban J connectivity index is 1.47. The number of unbranched alkanes of at least 4 members (excludes halogenated alkanes) is 17. The third kappa shape index (κ3) is 25.4. The van der Waals surface area contributed by atoms with Crippen molar-refractivity contribution in [3.8, 4) is 0 Å². The Kier molecular flexibility index (Phi) is 33.7. The van der Waals surface area contributed by atoms with Crippen LogP contribution in [0.1, 0.15) is 185 Å². The van der Waals surface area contributed by atoms with E-state index in [4.69, 9.17) is 22.9 Å².